The Hall–Kier alpha value is -2.71. The van der Waals surface area contributed by atoms with Gasteiger partial charge < -0.3 is 10.4 Å². The number of thioether (sulfide) groups is 1. The zero-order valence-electron chi connectivity index (χ0n) is 14.7. The van der Waals surface area contributed by atoms with Crippen molar-refractivity contribution in [1.29, 1.82) is 0 Å². The second-order valence-corrected chi connectivity index (χ2v) is 7.73. The van der Waals surface area contributed by atoms with Gasteiger partial charge in [-0.15, -0.1) is 0 Å². The number of aromatic hydroxyl groups is 1. The molecule has 0 radical (unpaired) electrons. The Balaban J connectivity index is 1.55. The van der Waals surface area contributed by atoms with Crippen molar-refractivity contribution in [2.75, 3.05) is 13.1 Å². The summed E-state index contributed by atoms with van der Waals surface area (Å²) in [6.45, 7) is 0.207. The Bertz CT molecular complexity index is 945. The Morgan fingerprint density at radius 1 is 1.21 bits per heavy atom. The molecule has 0 unspecified atom stereocenters. The van der Waals surface area contributed by atoms with Crippen LogP contribution in [0.1, 0.15) is 11.1 Å². The summed E-state index contributed by atoms with van der Waals surface area (Å²) in [7, 11) is 0. The number of thiocarbonyl (C=S) groups is 1. The van der Waals surface area contributed by atoms with E-state index in [-0.39, 0.29) is 27.4 Å². The number of carbonyl (C=O) groups is 2. The van der Waals surface area contributed by atoms with Gasteiger partial charge in [-0.3, -0.25) is 14.5 Å². The normalized spacial score (nSPS) is 15.3. The number of halogens is 1. The van der Waals surface area contributed by atoms with E-state index in [1.807, 2.05) is 0 Å². The minimum atomic E-state index is -0.431. The van der Waals surface area contributed by atoms with Gasteiger partial charge >= 0.3 is 0 Å². The van der Waals surface area contributed by atoms with Crippen LogP contribution < -0.4 is 5.32 Å². The van der Waals surface area contributed by atoms with Crippen LogP contribution in [0.2, 0.25) is 0 Å². The largest absolute Gasteiger partial charge is 0.508 e. The van der Waals surface area contributed by atoms with E-state index in [9.17, 15) is 19.1 Å². The molecule has 2 aromatic carbocycles. The highest BCUT2D eigenvalue weighted by Crippen LogP contribution is 2.32. The molecule has 2 aromatic rings. The van der Waals surface area contributed by atoms with Gasteiger partial charge in [-0.05, 0) is 36.3 Å². The number of benzene rings is 2. The molecule has 144 valence electrons. The zero-order valence-corrected chi connectivity index (χ0v) is 16.4. The number of rotatable bonds is 6. The predicted octanol–water partition coefficient (Wildman–Crippen LogP) is 3.09. The van der Waals surface area contributed by atoms with E-state index in [1.165, 1.54) is 17.0 Å². The van der Waals surface area contributed by atoms with Crippen molar-refractivity contribution in [3.63, 3.8) is 0 Å². The van der Waals surface area contributed by atoms with Crippen LogP contribution in [0.25, 0.3) is 6.08 Å². The van der Waals surface area contributed by atoms with Gasteiger partial charge in [-0.25, -0.2) is 4.39 Å². The molecule has 1 heterocycles. The molecule has 1 aliphatic rings. The quantitative estimate of drug-likeness (QED) is 0.560. The van der Waals surface area contributed by atoms with Crippen molar-refractivity contribution in [3.05, 3.63) is 70.4 Å². The SMILES string of the molecule is O=C(CN1C(=O)C(=Cc2ccccc2F)SC1=S)NCCc1ccc(O)cc1. The number of amides is 2. The lowest BCUT2D eigenvalue weighted by atomic mass is 10.1. The van der Waals surface area contributed by atoms with Crippen LogP contribution in [0.5, 0.6) is 5.75 Å². The van der Waals surface area contributed by atoms with Crippen LogP contribution in [-0.2, 0) is 16.0 Å². The third-order valence-corrected chi connectivity index (χ3v) is 5.42. The van der Waals surface area contributed by atoms with E-state index >= 15 is 0 Å². The van der Waals surface area contributed by atoms with E-state index in [4.69, 9.17) is 12.2 Å². The highest BCUT2D eigenvalue weighted by atomic mass is 32.2. The van der Waals surface area contributed by atoms with Gasteiger partial charge in [0, 0.05) is 12.1 Å². The van der Waals surface area contributed by atoms with E-state index < -0.39 is 11.7 Å². The first kappa shape index (κ1) is 20.0. The van der Waals surface area contributed by atoms with Crippen molar-refractivity contribution < 1.29 is 19.1 Å². The van der Waals surface area contributed by atoms with Gasteiger partial charge in [0.05, 0.1) is 4.91 Å². The lowest BCUT2D eigenvalue weighted by molar-refractivity contribution is -0.128. The summed E-state index contributed by atoms with van der Waals surface area (Å²) in [6.07, 6.45) is 2.04. The zero-order chi connectivity index (χ0) is 20.1. The third kappa shape index (κ3) is 4.96. The van der Waals surface area contributed by atoms with Gasteiger partial charge in [0.1, 0.15) is 22.4 Å². The summed E-state index contributed by atoms with van der Waals surface area (Å²) in [6, 6.07) is 12.8. The lowest BCUT2D eigenvalue weighted by Gasteiger charge is -2.14. The fraction of sp³-hybridized carbons (Fsp3) is 0.150. The van der Waals surface area contributed by atoms with Crippen LogP contribution in [0, 0.1) is 5.82 Å². The second-order valence-electron chi connectivity index (χ2n) is 6.06. The molecule has 0 aromatic heterocycles. The van der Waals surface area contributed by atoms with Crippen molar-refractivity contribution in [1.82, 2.24) is 10.2 Å². The topological polar surface area (TPSA) is 69.6 Å². The summed E-state index contributed by atoms with van der Waals surface area (Å²) in [5.74, 6) is -0.987. The Labute approximate surface area is 171 Å². The van der Waals surface area contributed by atoms with E-state index in [2.05, 4.69) is 5.32 Å². The Morgan fingerprint density at radius 2 is 1.93 bits per heavy atom. The number of phenolic OH excluding ortho intramolecular Hbond substituents is 1. The summed E-state index contributed by atoms with van der Waals surface area (Å²) in [4.78, 5) is 26.2. The van der Waals surface area contributed by atoms with Gasteiger partial charge in [0.25, 0.3) is 5.91 Å². The van der Waals surface area contributed by atoms with E-state index in [0.717, 1.165) is 17.3 Å². The molecular formula is C20H17FN2O3S2. The molecule has 3 rings (SSSR count). The molecule has 1 fully saturated rings. The fourth-order valence-electron chi connectivity index (χ4n) is 2.58. The molecule has 28 heavy (non-hydrogen) atoms. The summed E-state index contributed by atoms with van der Waals surface area (Å²) in [5.41, 5.74) is 1.26. The average molecular weight is 416 g/mol. The molecule has 0 spiro atoms. The van der Waals surface area contributed by atoms with E-state index in [0.29, 0.717) is 18.5 Å². The van der Waals surface area contributed by atoms with Gasteiger partial charge in [0.2, 0.25) is 5.91 Å². The molecule has 2 amide bonds. The number of hydrogen-bond acceptors (Lipinski definition) is 5. The first-order valence-electron chi connectivity index (χ1n) is 8.48. The number of hydrogen-bond donors (Lipinski definition) is 2. The summed E-state index contributed by atoms with van der Waals surface area (Å²) in [5, 5.41) is 12.0. The Morgan fingerprint density at radius 3 is 2.64 bits per heavy atom. The van der Waals surface area contributed by atoms with Gasteiger partial charge in [0.15, 0.2) is 0 Å². The smallest absolute Gasteiger partial charge is 0.266 e. The number of carbonyl (C=O) groups excluding carboxylic acids is 2. The number of nitrogens with one attached hydrogen (secondary N) is 1. The molecule has 8 heteroatoms. The van der Waals surface area contributed by atoms with Crippen LogP contribution in [-0.4, -0.2) is 39.2 Å². The summed E-state index contributed by atoms with van der Waals surface area (Å²) < 4.78 is 14.1. The molecular weight excluding hydrogens is 399 g/mol. The molecule has 0 atom stereocenters. The van der Waals surface area contributed by atoms with Gasteiger partial charge in [-0.2, -0.15) is 0 Å². The number of nitrogens with zero attached hydrogens (tertiary/aromatic N) is 1. The van der Waals surface area contributed by atoms with E-state index in [1.54, 1.807) is 42.5 Å². The monoisotopic (exact) mass is 416 g/mol. The second kappa shape index (κ2) is 8.99. The standard InChI is InChI=1S/C20H17FN2O3S2/c21-16-4-2-1-3-14(16)11-17-19(26)23(20(27)28-17)12-18(25)22-10-9-13-5-7-15(24)8-6-13/h1-8,11,24H,9-10,12H2,(H,22,25). The first-order chi connectivity index (χ1) is 13.4. The van der Waals surface area contributed by atoms with Crippen LogP contribution >= 0.6 is 24.0 Å². The van der Waals surface area contributed by atoms with Crippen molar-refractivity contribution in [2.45, 2.75) is 6.42 Å². The highest BCUT2D eigenvalue weighted by Gasteiger charge is 2.33. The molecule has 2 N–H and O–H groups in total. The minimum absolute atomic E-state index is 0.186. The predicted molar refractivity (Wildman–Crippen MR) is 111 cm³/mol. The highest BCUT2D eigenvalue weighted by molar-refractivity contribution is 8.26. The first-order valence-corrected chi connectivity index (χ1v) is 9.71. The molecule has 1 aliphatic heterocycles. The van der Waals surface area contributed by atoms with Crippen molar-refractivity contribution >= 4 is 46.2 Å². The van der Waals surface area contributed by atoms with Crippen molar-refractivity contribution in [3.8, 4) is 5.75 Å². The minimum Gasteiger partial charge on any atom is -0.508 e. The lowest BCUT2D eigenvalue weighted by Crippen LogP contribution is -2.40. The van der Waals surface area contributed by atoms with Gasteiger partial charge in [-0.1, -0.05) is 54.3 Å². The maximum atomic E-state index is 13.8. The van der Waals surface area contributed by atoms with Crippen molar-refractivity contribution in [2.24, 2.45) is 0 Å². The molecule has 5 nitrogen and oxygen atoms in total. The average Bonchev–Trinajstić information content (AvgIpc) is 2.93. The molecule has 0 saturated carbocycles. The number of phenols is 1. The maximum absolute atomic E-state index is 13.8. The molecule has 0 aliphatic carbocycles. The maximum Gasteiger partial charge on any atom is 0.266 e. The summed E-state index contributed by atoms with van der Waals surface area (Å²) >= 11 is 6.24. The van der Waals surface area contributed by atoms with Crippen LogP contribution in [0.15, 0.2) is 53.4 Å². The third-order valence-electron chi connectivity index (χ3n) is 4.04. The molecule has 0 bridgehead atoms. The fourth-order valence-corrected chi connectivity index (χ4v) is 3.82. The Kier molecular flexibility index (Phi) is 6.43. The molecule has 1 saturated heterocycles. The van der Waals surface area contributed by atoms with Crippen LogP contribution in [0.4, 0.5) is 4.39 Å². The van der Waals surface area contributed by atoms with Crippen LogP contribution in [0.3, 0.4) is 0 Å².